The van der Waals surface area contributed by atoms with Gasteiger partial charge in [0, 0.05) is 17.8 Å². The van der Waals surface area contributed by atoms with Gasteiger partial charge in [-0.15, -0.1) is 0 Å². The predicted molar refractivity (Wildman–Crippen MR) is 101 cm³/mol. The summed E-state index contributed by atoms with van der Waals surface area (Å²) in [7, 11) is 0. The second-order valence-electron chi connectivity index (χ2n) is 7.09. The van der Waals surface area contributed by atoms with Crippen molar-refractivity contribution in [2.45, 2.75) is 38.0 Å². The molecule has 6 nitrogen and oxygen atoms in total. The predicted octanol–water partition coefficient (Wildman–Crippen LogP) is 4.46. The molecule has 1 aromatic carbocycles. The Kier molecular flexibility index (Phi) is 5.27. The molecule has 1 amide bonds. The number of hydrogen-bond acceptors (Lipinski definition) is 3. The fourth-order valence-electron chi connectivity index (χ4n) is 3.10. The molecule has 1 saturated carbocycles. The first-order valence-corrected chi connectivity index (χ1v) is 9.49. The van der Waals surface area contributed by atoms with E-state index in [9.17, 15) is 22.4 Å². The number of aromatic nitrogens is 4. The molecule has 11 heteroatoms. The zero-order valence-corrected chi connectivity index (χ0v) is 16.2. The second-order valence-corrected chi connectivity index (χ2v) is 7.49. The molecule has 30 heavy (non-hydrogen) atoms. The summed E-state index contributed by atoms with van der Waals surface area (Å²) in [6, 6.07) is 6.94. The van der Waals surface area contributed by atoms with Crippen LogP contribution in [0.2, 0.25) is 5.02 Å². The molecule has 158 valence electrons. The molecule has 0 spiro atoms. The third-order valence-corrected chi connectivity index (χ3v) is 4.88. The van der Waals surface area contributed by atoms with Crippen LogP contribution >= 0.6 is 11.6 Å². The van der Waals surface area contributed by atoms with E-state index >= 15 is 0 Å². The normalized spacial score (nSPS) is 14.2. The molecular weight excluding hydrogens is 426 g/mol. The lowest BCUT2D eigenvalue weighted by Crippen LogP contribution is -2.21. The van der Waals surface area contributed by atoms with Crippen molar-refractivity contribution in [1.29, 1.82) is 0 Å². The van der Waals surface area contributed by atoms with Gasteiger partial charge in [0.05, 0.1) is 6.54 Å². The summed E-state index contributed by atoms with van der Waals surface area (Å²) < 4.78 is 54.8. The smallest absolute Gasteiger partial charge is 0.306 e. The van der Waals surface area contributed by atoms with Gasteiger partial charge in [-0.1, -0.05) is 23.7 Å². The van der Waals surface area contributed by atoms with Gasteiger partial charge in [-0.3, -0.25) is 14.2 Å². The Morgan fingerprint density at radius 1 is 1.23 bits per heavy atom. The van der Waals surface area contributed by atoms with Crippen molar-refractivity contribution in [3.63, 3.8) is 0 Å². The Morgan fingerprint density at radius 3 is 2.67 bits per heavy atom. The minimum Gasteiger partial charge on any atom is -0.306 e. The highest BCUT2D eigenvalue weighted by molar-refractivity contribution is 6.33. The van der Waals surface area contributed by atoms with Crippen molar-refractivity contribution in [1.82, 2.24) is 19.6 Å². The van der Waals surface area contributed by atoms with E-state index < -0.39 is 24.3 Å². The summed E-state index contributed by atoms with van der Waals surface area (Å²) >= 11 is 6.10. The fraction of sp³-hybridized carbons (Fsp3) is 0.316. The Labute approximate surface area is 173 Å². The van der Waals surface area contributed by atoms with Crippen LogP contribution in [0.3, 0.4) is 0 Å². The number of rotatable bonds is 6. The van der Waals surface area contributed by atoms with Crippen molar-refractivity contribution < 1.29 is 22.4 Å². The lowest BCUT2D eigenvalue weighted by molar-refractivity contribution is -0.141. The van der Waals surface area contributed by atoms with E-state index in [1.165, 1.54) is 23.0 Å². The quantitative estimate of drug-likeness (QED) is 0.575. The van der Waals surface area contributed by atoms with Gasteiger partial charge in [0.25, 0.3) is 0 Å². The Hall–Kier alpha value is -2.88. The van der Waals surface area contributed by atoms with Crippen molar-refractivity contribution in [3.05, 3.63) is 64.3 Å². The SMILES string of the molecule is O=C(Cn1nc(C(F)(F)F)cc1C1CC1)Nc1nn(Cc2cccc(F)c2)cc1Cl. The zero-order valence-electron chi connectivity index (χ0n) is 15.5. The Morgan fingerprint density at radius 2 is 2.00 bits per heavy atom. The van der Waals surface area contributed by atoms with E-state index in [2.05, 4.69) is 15.5 Å². The number of carbonyl (C=O) groups excluding carboxylic acids is 1. The topological polar surface area (TPSA) is 64.7 Å². The van der Waals surface area contributed by atoms with Gasteiger partial charge < -0.3 is 5.32 Å². The molecule has 0 atom stereocenters. The van der Waals surface area contributed by atoms with Crippen LogP contribution in [0, 0.1) is 5.82 Å². The van der Waals surface area contributed by atoms with Gasteiger partial charge in [0.15, 0.2) is 11.5 Å². The number of benzene rings is 1. The molecule has 0 bridgehead atoms. The van der Waals surface area contributed by atoms with Crippen molar-refractivity contribution in [3.8, 4) is 0 Å². The summed E-state index contributed by atoms with van der Waals surface area (Å²) in [5.41, 5.74) is 0.0205. The molecule has 1 N–H and O–H groups in total. The molecule has 0 radical (unpaired) electrons. The van der Waals surface area contributed by atoms with Crippen LogP contribution in [0.5, 0.6) is 0 Å². The third kappa shape index (κ3) is 4.64. The number of carbonyl (C=O) groups is 1. The Balaban J connectivity index is 1.46. The van der Waals surface area contributed by atoms with Crippen LogP contribution in [0.4, 0.5) is 23.4 Å². The van der Waals surface area contributed by atoms with Crippen molar-refractivity contribution in [2.24, 2.45) is 0 Å². The largest absolute Gasteiger partial charge is 0.435 e. The minimum absolute atomic E-state index is 0.0181. The van der Waals surface area contributed by atoms with Crippen LogP contribution in [0.25, 0.3) is 0 Å². The number of nitrogens with one attached hydrogen (secondary N) is 1. The van der Waals surface area contributed by atoms with Gasteiger partial charge in [0.1, 0.15) is 17.4 Å². The molecule has 3 aromatic rings. The monoisotopic (exact) mass is 441 g/mol. The lowest BCUT2D eigenvalue weighted by Gasteiger charge is -2.07. The number of halogens is 5. The lowest BCUT2D eigenvalue weighted by atomic mass is 10.2. The summed E-state index contributed by atoms with van der Waals surface area (Å²) in [4.78, 5) is 12.4. The molecule has 1 aliphatic rings. The van der Waals surface area contributed by atoms with E-state index in [1.54, 1.807) is 12.1 Å². The van der Waals surface area contributed by atoms with E-state index in [0.717, 1.165) is 23.6 Å². The maximum absolute atomic E-state index is 13.3. The van der Waals surface area contributed by atoms with E-state index in [0.29, 0.717) is 11.3 Å². The highest BCUT2D eigenvalue weighted by atomic mass is 35.5. The standard InChI is InChI=1S/C19H16ClF4N5O/c20-14-9-28(8-11-2-1-3-13(21)6-11)27-18(14)25-17(30)10-29-15(12-4-5-12)7-16(26-29)19(22,23)24/h1-3,6-7,9,12H,4-5,8,10H2,(H,25,27,30). The van der Waals surface area contributed by atoms with Gasteiger partial charge >= 0.3 is 6.18 Å². The molecule has 0 saturated heterocycles. The number of hydrogen-bond donors (Lipinski definition) is 1. The van der Waals surface area contributed by atoms with Crippen LogP contribution < -0.4 is 5.32 Å². The molecule has 1 aliphatic carbocycles. The van der Waals surface area contributed by atoms with Crippen LogP contribution in [0.15, 0.2) is 36.5 Å². The first kappa shape index (κ1) is 20.4. The van der Waals surface area contributed by atoms with Crippen molar-refractivity contribution in [2.75, 3.05) is 5.32 Å². The van der Waals surface area contributed by atoms with Crippen LogP contribution in [-0.4, -0.2) is 25.5 Å². The number of alkyl halides is 3. The summed E-state index contributed by atoms with van der Waals surface area (Å²) in [6.07, 6.45) is -1.58. The molecule has 2 heterocycles. The summed E-state index contributed by atoms with van der Waals surface area (Å²) in [6.45, 7) is -0.164. The van der Waals surface area contributed by atoms with Crippen LogP contribution in [-0.2, 0) is 24.1 Å². The first-order chi connectivity index (χ1) is 14.2. The highest BCUT2D eigenvalue weighted by Gasteiger charge is 2.38. The van der Waals surface area contributed by atoms with E-state index in [4.69, 9.17) is 11.6 Å². The van der Waals surface area contributed by atoms with Gasteiger partial charge in [0.2, 0.25) is 5.91 Å². The molecular formula is C19H16ClF4N5O. The number of amides is 1. The number of anilines is 1. The van der Waals surface area contributed by atoms with Crippen LogP contribution in [0.1, 0.15) is 35.7 Å². The molecule has 2 aromatic heterocycles. The third-order valence-electron chi connectivity index (χ3n) is 4.60. The maximum Gasteiger partial charge on any atom is 0.435 e. The molecule has 0 unspecified atom stereocenters. The first-order valence-electron chi connectivity index (χ1n) is 9.11. The van der Waals surface area contributed by atoms with Gasteiger partial charge in [-0.05, 0) is 36.6 Å². The second kappa shape index (κ2) is 7.75. The zero-order chi connectivity index (χ0) is 21.5. The average molecular weight is 442 g/mol. The maximum atomic E-state index is 13.3. The Bertz CT molecular complexity index is 1090. The number of nitrogens with zero attached hydrogens (tertiary/aromatic N) is 4. The van der Waals surface area contributed by atoms with E-state index in [-0.39, 0.29) is 29.1 Å². The fourth-order valence-corrected chi connectivity index (χ4v) is 3.29. The minimum atomic E-state index is -4.58. The highest BCUT2D eigenvalue weighted by Crippen LogP contribution is 2.42. The van der Waals surface area contributed by atoms with Gasteiger partial charge in [-0.2, -0.15) is 23.4 Å². The van der Waals surface area contributed by atoms with Crippen molar-refractivity contribution >= 4 is 23.3 Å². The summed E-state index contributed by atoms with van der Waals surface area (Å²) in [5, 5.41) is 10.3. The molecule has 1 fully saturated rings. The molecule has 0 aliphatic heterocycles. The average Bonchev–Trinajstić information content (AvgIpc) is 3.31. The molecule has 4 rings (SSSR count). The van der Waals surface area contributed by atoms with E-state index in [1.807, 2.05) is 0 Å². The van der Waals surface area contributed by atoms with Gasteiger partial charge in [-0.25, -0.2) is 4.39 Å². The summed E-state index contributed by atoms with van der Waals surface area (Å²) in [5.74, 6) is -0.945.